The van der Waals surface area contributed by atoms with E-state index < -0.39 is 0 Å². The number of piperidine rings is 1. The third-order valence-electron chi connectivity index (χ3n) is 5.69. The number of anilines is 1. The molecule has 1 aromatic heterocycles. The summed E-state index contributed by atoms with van der Waals surface area (Å²) in [6.45, 7) is 9.30. The number of nitrogens with zero attached hydrogens (tertiary/aromatic N) is 4. The third kappa shape index (κ3) is 5.92. The SMILES string of the molecule is CN=C(NCC(C)(C)N1CCCCC1)NC1CCN(c2ncccc2F)C1.I. The molecular weight excluding hydrogens is 470 g/mol. The second-order valence-corrected chi connectivity index (χ2v) is 8.17. The van der Waals surface area contributed by atoms with Gasteiger partial charge >= 0.3 is 0 Å². The summed E-state index contributed by atoms with van der Waals surface area (Å²) in [6, 6.07) is 3.32. The van der Waals surface area contributed by atoms with E-state index in [2.05, 4.69) is 39.4 Å². The van der Waals surface area contributed by atoms with Crippen molar-refractivity contribution in [3.05, 3.63) is 24.1 Å². The van der Waals surface area contributed by atoms with E-state index in [9.17, 15) is 4.39 Å². The monoisotopic (exact) mass is 504 g/mol. The van der Waals surface area contributed by atoms with Gasteiger partial charge in [-0.25, -0.2) is 9.37 Å². The quantitative estimate of drug-likeness (QED) is 0.367. The van der Waals surface area contributed by atoms with Crippen molar-refractivity contribution in [3.63, 3.8) is 0 Å². The summed E-state index contributed by atoms with van der Waals surface area (Å²) < 4.78 is 14.0. The summed E-state index contributed by atoms with van der Waals surface area (Å²) in [4.78, 5) is 13.1. The number of hydrogen-bond donors (Lipinski definition) is 2. The Hall–Kier alpha value is -1.16. The molecule has 0 saturated carbocycles. The van der Waals surface area contributed by atoms with E-state index in [1.54, 1.807) is 19.3 Å². The average Bonchev–Trinajstić information content (AvgIpc) is 3.14. The van der Waals surface area contributed by atoms with Crippen molar-refractivity contribution in [1.82, 2.24) is 20.5 Å². The standard InChI is InChI=1S/C20H33FN6.HI/c1-20(2,27-11-5-4-6-12-27)15-24-19(22-3)25-16-9-13-26(14-16)18-17(21)8-7-10-23-18;/h7-8,10,16H,4-6,9,11-15H2,1-3H3,(H2,22,24,25);1H. The fourth-order valence-electron chi connectivity index (χ4n) is 3.98. The van der Waals surface area contributed by atoms with Crippen molar-refractivity contribution in [2.45, 2.75) is 51.1 Å². The summed E-state index contributed by atoms with van der Waals surface area (Å²) in [5, 5.41) is 6.98. The van der Waals surface area contributed by atoms with Crippen molar-refractivity contribution in [3.8, 4) is 0 Å². The number of rotatable bonds is 5. The molecule has 3 heterocycles. The van der Waals surface area contributed by atoms with Gasteiger partial charge in [0.2, 0.25) is 0 Å². The zero-order chi connectivity index (χ0) is 19.3. The molecule has 0 spiro atoms. The minimum Gasteiger partial charge on any atom is -0.355 e. The molecule has 0 aliphatic carbocycles. The zero-order valence-electron chi connectivity index (χ0n) is 17.2. The van der Waals surface area contributed by atoms with Gasteiger partial charge in [0.1, 0.15) is 0 Å². The van der Waals surface area contributed by atoms with Crippen LogP contribution in [0.4, 0.5) is 10.2 Å². The molecule has 3 rings (SSSR count). The van der Waals surface area contributed by atoms with Crippen molar-refractivity contribution in [2.24, 2.45) is 4.99 Å². The molecule has 8 heteroatoms. The maximum Gasteiger partial charge on any atom is 0.191 e. The molecule has 28 heavy (non-hydrogen) atoms. The molecule has 2 fully saturated rings. The average molecular weight is 504 g/mol. The molecule has 2 aliphatic heterocycles. The van der Waals surface area contributed by atoms with Crippen LogP contribution in [0.1, 0.15) is 39.5 Å². The second kappa shape index (κ2) is 10.6. The Kier molecular flexibility index (Phi) is 8.73. The maximum absolute atomic E-state index is 14.0. The largest absolute Gasteiger partial charge is 0.355 e. The highest BCUT2D eigenvalue weighted by Gasteiger charge is 2.29. The molecule has 0 bridgehead atoms. The van der Waals surface area contributed by atoms with Gasteiger partial charge in [-0.3, -0.25) is 9.89 Å². The fraction of sp³-hybridized carbons (Fsp3) is 0.700. The number of aliphatic imine (C=N–C) groups is 1. The summed E-state index contributed by atoms with van der Waals surface area (Å²) in [6.07, 6.45) is 6.50. The van der Waals surface area contributed by atoms with Gasteiger partial charge in [-0.05, 0) is 58.3 Å². The first-order valence-electron chi connectivity index (χ1n) is 10.1. The molecule has 1 aromatic rings. The van der Waals surface area contributed by atoms with Gasteiger partial charge < -0.3 is 15.5 Å². The summed E-state index contributed by atoms with van der Waals surface area (Å²) in [5.74, 6) is 0.994. The van der Waals surface area contributed by atoms with E-state index in [1.807, 2.05) is 4.90 Å². The normalized spacial score (nSPS) is 21.4. The Labute approximate surface area is 185 Å². The van der Waals surface area contributed by atoms with Crippen molar-refractivity contribution in [1.29, 1.82) is 0 Å². The van der Waals surface area contributed by atoms with Gasteiger partial charge in [0, 0.05) is 44.5 Å². The molecule has 6 nitrogen and oxygen atoms in total. The lowest BCUT2D eigenvalue weighted by atomic mass is 9.98. The molecular formula is C20H34FIN6. The number of likely N-dealkylation sites (tertiary alicyclic amines) is 1. The van der Waals surface area contributed by atoms with E-state index in [-0.39, 0.29) is 41.4 Å². The van der Waals surface area contributed by atoms with Crippen LogP contribution in [0, 0.1) is 5.82 Å². The molecule has 2 saturated heterocycles. The van der Waals surface area contributed by atoms with Gasteiger partial charge in [-0.2, -0.15) is 0 Å². The highest BCUT2D eigenvalue weighted by Crippen LogP contribution is 2.21. The zero-order valence-corrected chi connectivity index (χ0v) is 19.6. The van der Waals surface area contributed by atoms with Crippen LogP contribution in [0.2, 0.25) is 0 Å². The van der Waals surface area contributed by atoms with Crippen molar-refractivity contribution >= 4 is 35.8 Å². The molecule has 0 aromatic carbocycles. The highest BCUT2D eigenvalue weighted by atomic mass is 127. The Morgan fingerprint density at radius 2 is 2.04 bits per heavy atom. The smallest absolute Gasteiger partial charge is 0.191 e. The van der Waals surface area contributed by atoms with E-state index in [1.165, 1.54) is 38.4 Å². The number of guanidine groups is 1. The Morgan fingerprint density at radius 3 is 2.71 bits per heavy atom. The lowest BCUT2D eigenvalue weighted by molar-refractivity contribution is 0.0982. The summed E-state index contributed by atoms with van der Waals surface area (Å²) in [7, 11) is 1.80. The molecule has 1 atom stereocenters. The second-order valence-electron chi connectivity index (χ2n) is 8.17. The Balaban J connectivity index is 0.00000280. The van der Waals surface area contributed by atoms with E-state index in [0.29, 0.717) is 5.82 Å². The van der Waals surface area contributed by atoms with Gasteiger partial charge in [0.25, 0.3) is 0 Å². The van der Waals surface area contributed by atoms with Gasteiger partial charge in [-0.1, -0.05) is 6.42 Å². The fourth-order valence-corrected chi connectivity index (χ4v) is 3.98. The molecule has 0 radical (unpaired) electrons. The lowest BCUT2D eigenvalue weighted by Gasteiger charge is -2.41. The number of aromatic nitrogens is 1. The number of pyridine rings is 1. The van der Waals surface area contributed by atoms with Gasteiger partial charge in [0.15, 0.2) is 17.6 Å². The van der Waals surface area contributed by atoms with Gasteiger partial charge in [0.05, 0.1) is 0 Å². The van der Waals surface area contributed by atoms with E-state index in [4.69, 9.17) is 0 Å². The van der Waals surface area contributed by atoms with Crippen LogP contribution in [-0.2, 0) is 0 Å². The first kappa shape index (κ1) is 23.1. The molecule has 0 amide bonds. The topological polar surface area (TPSA) is 55.8 Å². The number of nitrogens with one attached hydrogen (secondary N) is 2. The van der Waals surface area contributed by atoms with Crippen molar-refractivity contribution < 1.29 is 4.39 Å². The first-order valence-corrected chi connectivity index (χ1v) is 10.1. The van der Waals surface area contributed by atoms with E-state index >= 15 is 0 Å². The number of hydrogen-bond acceptors (Lipinski definition) is 4. The van der Waals surface area contributed by atoms with Crippen LogP contribution >= 0.6 is 24.0 Å². The first-order chi connectivity index (χ1) is 13.0. The van der Waals surface area contributed by atoms with Crippen LogP contribution in [0.25, 0.3) is 0 Å². The Bertz CT molecular complexity index is 647. The van der Waals surface area contributed by atoms with E-state index in [0.717, 1.165) is 32.0 Å². The molecule has 2 aliphatic rings. The van der Waals surface area contributed by atoms with Crippen LogP contribution in [0.5, 0.6) is 0 Å². The molecule has 2 N–H and O–H groups in total. The minimum atomic E-state index is -0.260. The Morgan fingerprint density at radius 1 is 1.29 bits per heavy atom. The molecule has 1 unspecified atom stereocenters. The highest BCUT2D eigenvalue weighted by molar-refractivity contribution is 14.0. The van der Waals surface area contributed by atoms with Gasteiger partial charge in [-0.15, -0.1) is 24.0 Å². The third-order valence-corrected chi connectivity index (χ3v) is 5.69. The molecule has 158 valence electrons. The number of halogens is 2. The predicted molar refractivity (Wildman–Crippen MR) is 124 cm³/mol. The maximum atomic E-state index is 14.0. The van der Waals surface area contributed by atoms with Crippen LogP contribution in [0.3, 0.4) is 0 Å². The van der Waals surface area contributed by atoms with Crippen LogP contribution < -0.4 is 15.5 Å². The summed E-state index contributed by atoms with van der Waals surface area (Å²) >= 11 is 0. The van der Waals surface area contributed by atoms with Crippen molar-refractivity contribution in [2.75, 3.05) is 44.7 Å². The van der Waals surface area contributed by atoms with Crippen LogP contribution in [0.15, 0.2) is 23.3 Å². The summed E-state index contributed by atoms with van der Waals surface area (Å²) in [5.41, 5.74) is 0.0941. The minimum absolute atomic E-state index is 0. The lowest BCUT2D eigenvalue weighted by Crippen LogP contribution is -2.55. The van der Waals surface area contributed by atoms with Crippen LogP contribution in [-0.4, -0.2) is 67.2 Å². The predicted octanol–water partition coefficient (Wildman–Crippen LogP) is 2.85.